The van der Waals surface area contributed by atoms with Crippen LogP contribution in [0.15, 0.2) is 23.9 Å². The van der Waals surface area contributed by atoms with Gasteiger partial charge in [0.2, 0.25) is 11.8 Å². The summed E-state index contributed by atoms with van der Waals surface area (Å²) < 4.78 is 0. The van der Waals surface area contributed by atoms with Gasteiger partial charge in [0.1, 0.15) is 0 Å². The zero-order valence-corrected chi connectivity index (χ0v) is 18.9. The number of allylic oxidation sites excluding steroid dienone is 2. The molecule has 4 fully saturated rings. The van der Waals surface area contributed by atoms with E-state index in [1.807, 2.05) is 22.0 Å². The normalized spacial score (nSPS) is 29.0. The molecule has 0 aromatic carbocycles. The first-order valence-corrected chi connectivity index (χ1v) is 12.4. The molecule has 2 atom stereocenters. The van der Waals surface area contributed by atoms with Gasteiger partial charge in [-0.15, -0.1) is 0 Å². The van der Waals surface area contributed by atoms with Crippen molar-refractivity contribution in [1.29, 1.82) is 0 Å². The lowest BCUT2D eigenvalue weighted by atomic mass is 9.97. The Balaban J connectivity index is 1.06. The molecule has 0 radical (unpaired) electrons. The van der Waals surface area contributed by atoms with E-state index >= 15 is 0 Å². The Morgan fingerprint density at radius 1 is 1.06 bits per heavy atom. The summed E-state index contributed by atoms with van der Waals surface area (Å²) in [7, 11) is 0. The Hall–Kier alpha value is -2.35. The van der Waals surface area contributed by atoms with Crippen molar-refractivity contribution in [2.75, 3.05) is 39.3 Å². The number of nitrogens with zero attached hydrogens (tertiary/aromatic N) is 4. The quantitative estimate of drug-likeness (QED) is 0.681. The number of amides is 4. The molecule has 4 saturated heterocycles. The monoisotopic (exact) mass is 441 g/mol. The standard InChI is InChI=1S/C24H35N5O3/c30-22-7-3-12-27(22)13-4-8-23(31)28-16-11-19(17-28)26-14-9-18(10-15-26)29-21-6-2-1-5-20(21)25-24(29)32/h1-2,5,18-19,21H,3-4,6-17H2,(H,25,32)/t19-,21?/m0/s1. The predicted molar refractivity (Wildman–Crippen MR) is 121 cm³/mol. The summed E-state index contributed by atoms with van der Waals surface area (Å²) in [4.78, 5) is 45.4. The van der Waals surface area contributed by atoms with Crippen LogP contribution in [0, 0.1) is 0 Å². The molecule has 0 bridgehead atoms. The zero-order chi connectivity index (χ0) is 22.1. The zero-order valence-electron chi connectivity index (χ0n) is 18.9. The second-order valence-electron chi connectivity index (χ2n) is 9.78. The van der Waals surface area contributed by atoms with Gasteiger partial charge >= 0.3 is 6.03 Å². The van der Waals surface area contributed by atoms with E-state index < -0.39 is 0 Å². The van der Waals surface area contributed by atoms with Crippen LogP contribution in [0.5, 0.6) is 0 Å². The number of hydrogen-bond acceptors (Lipinski definition) is 4. The molecule has 174 valence electrons. The molecule has 0 spiro atoms. The molecule has 1 aliphatic carbocycles. The molecule has 0 saturated carbocycles. The Labute approximate surface area is 190 Å². The van der Waals surface area contributed by atoms with E-state index in [9.17, 15) is 14.4 Å². The number of carbonyl (C=O) groups is 3. The minimum Gasteiger partial charge on any atom is -0.343 e. The Bertz CT molecular complexity index is 816. The van der Waals surface area contributed by atoms with E-state index in [0.717, 1.165) is 76.9 Å². The van der Waals surface area contributed by atoms with Crippen molar-refractivity contribution < 1.29 is 14.4 Å². The van der Waals surface area contributed by atoms with Crippen LogP contribution in [0.25, 0.3) is 0 Å². The van der Waals surface area contributed by atoms with E-state index in [2.05, 4.69) is 21.2 Å². The smallest absolute Gasteiger partial charge is 0.322 e. The van der Waals surface area contributed by atoms with Gasteiger partial charge in [0, 0.05) is 69.9 Å². The third kappa shape index (κ3) is 4.29. The maximum absolute atomic E-state index is 12.7. The number of rotatable bonds is 6. The molecule has 8 nitrogen and oxygen atoms in total. The number of likely N-dealkylation sites (tertiary alicyclic amines) is 3. The number of fused-ring (bicyclic) bond motifs is 1. The minimum absolute atomic E-state index is 0.0525. The molecular weight excluding hydrogens is 406 g/mol. The van der Waals surface area contributed by atoms with Crippen molar-refractivity contribution in [2.45, 2.75) is 69.5 Å². The Morgan fingerprint density at radius 2 is 1.88 bits per heavy atom. The maximum Gasteiger partial charge on any atom is 0.322 e. The lowest BCUT2D eigenvalue weighted by Crippen LogP contribution is -2.51. The van der Waals surface area contributed by atoms with Crippen LogP contribution in [0.3, 0.4) is 0 Å². The molecule has 1 N–H and O–H groups in total. The maximum atomic E-state index is 12.7. The Kier molecular flexibility index (Phi) is 6.22. The van der Waals surface area contributed by atoms with E-state index in [4.69, 9.17) is 0 Å². The van der Waals surface area contributed by atoms with Crippen molar-refractivity contribution in [1.82, 2.24) is 24.9 Å². The lowest BCUT2D eigenvalue weighted by Gasteiger charge is -2.40. The summed E-state index contributed by atoms with van der Waals surface area (Å²) in [6.07, 6.45) is 13.0. The van der Waals surface area contributed by atoms with Crippen molar-refractivity contribution in [2.24, 2.45) is 0 Å². The van der Waals surface area contributed by atoms with Gasteiger partial charge in [-0.1, -0.05) is 12.2 Å². The molecule has 4 heterocycles. The fraction of sp³-hybridized carbons (Fsp3) is 0.708. The summed E-state index contributed by atoms with van der Waals surface area (Å²) in [6, 6.07) is 0.956. The molecule has 5 rings (SSSR count). The van der Waals surface area contributed by atoms with Crippen molar-refractivity contribution in [3.8, 4) is 0 Å². The molecular formula is C24H35N5O3. The van der Waals surface area contributed by atoms with Gasteiger partial charge in [-0.3, -0.25) is 14.5 Å². The van der Waals surface area contributed by atoms with Gasteiger partial charge in [0.15, 0.2) is 0 Å². The van der Waals surface area contributed by atoms with Crippen LogP contribution in [0.1, 0.15) is 51.4 Å². The largest absolute Gasteiger partial charge is 0.343 e. The van der Waals surface area contributed by atoms with E-state index in [1.54, 1.807) is 0 Å². The van der Waals surface area contributed by atoms with Gasteiger partial charge < -0.3 is 20.0 Å². The van der Waals surface area contributed by atoms with Crippen LogP contribution >= 0.6 is 0 Å². The van der Waals surface area contributed by atoms with Crippen LogP contribution in [-0.2, 0) is 9.59 Å². The summed E-state index contributed by atoms with van der Waals surface area (Å²) >= 11 is 0. The first kappa shape index (κ1) is 21.5. The fourth-order valence-corrected chi connectivity index (χ4v) is 6.07. The van der Waals surface area contributed by atoms with Crippen LogP contribution in [-0.4, -0.2) is 94.8 Å². The molecule has 5 aliphatic rings. The van der Waals surface area contributed by atoms with Crippen LogP contribution < -0.4 is 5.32 Å². The molecule has 1 unspecified atom stereocenters. The highest BCUT2D eigenvalue weighted by molar-refractivity contribution is 5.81. The van der Waals surface area contributed by atoms with Gasteiger partial charge in [0.05, 0.1) is 6.04 Å². The van der Waals surface area contributed by atoms with Gasteiger partial charge in [0.25, 0.3) is 0 Å². The predicted octanol–water partition coefficient (Wildman–Crippen LogP) is 1.69. The average Bonchev–Trinajstić information content (AvgIpc) is 3.52. The number of hydrogen-bond donors (Lipinski definition) is 1. The highest BCUT2D eigenvalue weighted by Gasteiger charge is 2.41. The summed E-state index contributed by atoms with van der Waals surface area (Å²) in [5.74, 6) is 0.466. The van der Waals surface area contributed by atoms with Gasteiger partial charge in [-0.2, -0.15) is 0 Å². The molecule has 4 amide bonds. The first-order chi connectivity index (χ1) is 15.6. The van der Waals surface area contributed by atoms with Crippen molar-refractivity contribution in [3.05, 3.63) is 23.9 Å². The lowest BCUT2D eigenvalue weighted by molar-refractivity contribution is -0.132. The molecule has 32 heavy (non-hydrogen) atoms. The molecule has 0 aromatic rings. The van der Waals surface area contributed by atoms with E-state index in [0.29, 0.717) is 31.5 Å². The van der Waals surface area contributed by atoms with Crippen molar-refractivity contribution >= 4 is 17.8 Å². The highest BCUT2D eigenvalue weighted by atomic mass is 16.2. The number of carbonyl (C=O) groups excluding carboxylic acids is 3. The third-order valence-electron chi connectivity index (χ3n) is 7.87. The molecule has 4 aliphatic heterocycles. The minimum atomic E-state index is 0.0525. The van der Waals surface area contributed by atoms with E-state index in [-0.39, 0.29) is 23.9 Å². The first-order valence-electron chi connectivity index (χ1n) is 12.4. The Morgan fingerprint density at radius 3 is 2.66 bits per heavy atom. The molecule has 0 aromatic heterocycles. The summed E-state index contributed by atoms with van der Waals surface area (Å²) in [5, 5.41) is 3.04. The van der Waals surface area contributed by atoms with Gasteiger partial charge in [-0.25, -0.2) is 4.79 Å². The fourth-order valence-electron chi connectivity index (χ4n) is 6.07. The second-order valence-corrected chi connectivity index (χ2v) is 9.78. The number of nitrogens with one attached hydrogen (secondary N) is 1. The van der Waals surface area contributed by atoms with Gasteiger partial charge in [-0.05, 0) is 44.6 Å². The summed E-state index contributed by atoms with van der Waals surface area (Å²) in [5.41, 5.74) is 1.04. The topological polar surface area (TPSA) is 76.2 Å². The number of piperidine rings is 1. The average molecular weight is 442 g/mol. The summed E-state index contributed by atoms with van der Waals surface area (Å²) in [6.45, 7) is 5.19. The highest BCUT2D eigenvalue weighted by Crippen LogP contribution is 2.31. The van der Waals surface area contributed by atoms with Crippen LogP contribution in [0.2, 0.25) is 0 Å². The SMILES string of the molecule is O=C1CCCN1CCCC(=O)N1CC[C@H](N2CCC(N3C(=O)NC4=CC=CCC43)CC2)C1. The molecule has 8 heteroatoms. The van der Waals surface area contributed by atoms with E-state index in [1.165, 1.54) is 0 Å². The second kappa shape index (κ2) is 9.25. The van der Waals surface area contributed by atoms with Crippen molar-refractivity contribution in [3.63, 3.8) is 0 Å². The van der Waals surface area contributed by atoms with Crippen LogP contribution in [0.4, 0.5) is 4.79 Å². The third-order valence-corrected chi connectivity index (χ3v) is 7.87. The number of urea groups is 1.